The van der Waals surface area contributed by atoms with Crippen molar-refractivity contribution in [1.82, 2.24) is 14.9 Å². The molecule has 0 saturated carbocycles. The summed E-state index contributed by atoms with van der Waals surface area (Å²) in [5, 5.41) is 3.09. The molecule has 0 aliphatic carbocycles. The number of hydrogen-bond acceptors (Lipinski definition) is 4. The summed E-state index contributed by atoms with van der Waals surface area (Å²) in [5.41, 5.74) is 1.11. The number of sulfonamides is 1. The molecule has 2 N–H and O–H groups in total. The first-order valence-corrected chi connectivity index (χ1v) is 11.0. The van der Waals surface area contributed by atoms with E-state index in [4.69, 9.17) is 4.74 Å². The fourth-order valence-electron chi connectivity index (χ4n) is 3.66. The Morgan fingerprint density at radius 1 is 1.31 bits per heavy atom. The molecular weight excluding hydrogens is 354 g/mol. The van der Waals surface area contributed by atoms with Crippen molar-refractivity contribution in [2.45, 2.75) is 44.2 Å². The zero-order valence-electron chi connectivity index (χ0n) is 15.1. The summed E-state index contributed by atoms with van der Waals surface area (Å²) < 4.78 is 30.7. The van der Waals surface area contributed by atoms with Crippen LogP contribution in [0.15, 0.2) is 24.3 Å². The number of hydrogen-bond donors (Lipinski definition) is 2. The summed E-state index contributed by atoms with van der Waals surface area (Å²) in [6.07, 6.45) is 5.49. The standard InChI is InChI=1S/C18H27N3O4S/c1-26(23,24)19-10-9-16-7-4-5-11-21(16)18(22)20-15-12-14-6-2-3-8-17(14)25-13-15/h2-3,6,8,15-16,19H,4-5,7,9-13H2,1H3,(H,20,22). The van der Waals surface area contributed by atoms with Gasteiger partial charge in [-0.3, -0.25) is 0 Å². The molecule has 2 aliphatic rings. The van der Waals surface area contributed by atoms with Gasteiger partial charge in [0.05, 0.1) is 12.3 Å². The number of rotatable bonds is 5. The molecule has 0 bridgehead atoms. The fourth-order valence-corrected chi connectivity index (χ4v) is 4.15. The molecule has 2 aliphatic heterocycles. The lowest BCUT2D eigenvalue weighted by atomic mass is 9.99. The van der Waals surface area contributed by atoms with E-state index in [0.29, 0.717) is 26.1 Å². The van der Waals surface area contributed by atoms with Crippen LogP contribution in [0, 0.1) is 0 Å². The summed E-state index contributed by atoms with van der Waals surface area (Å²) in [6, 6.07) is 7.82. The predicted molar refractivity (Wildman–Crippen MR) is 99.8 cm³/mol. The van der Waals surface area contributed by atoms with E-state index in [-0.39, 0.29) is 18.1 Å². The Morgan fingerprint density at radius 3 is 2.92 bits per heavy atom. The molecule has 1 saturated heterocycles. The van der Waals surface area contributed by atoms with Gasteiger partial charge in [-0.1, -0.05) is 18.2 Å². The second kappa shape index (κ2) is 8.26. The Morgan fingerprint density at radius 2 is 2.12 bits per heavy atom. The van der Waals surface area contributed by atoms with Crippen LogP contribution in [0.3, 0.4) is 0 Å². The third kappa shape index (κ3) is 5.11. The van der Waals surface area contributed by atoms with Gasteiger partial charge >= 0.3 is 6.03 Å². The molecule has 2 atom stereocenters. The van der Waals surface area contributed by atoms with Crippen molar-refractivity contribution in [1.29, 1.82) is 0 Å². The van der Waals surface area contributed by atoms with Crippen molar-refractivity contribution < 1.29 is 17.9 Å². The van der Waals surface area contributed by atoms with Crippen LogP contribution in [0.25, 0.3) is 0 Å². The Bertz CT molecular complexity index is 738. The molecule has 8 heteroatoms. The molecule has 144 valence electrons. The lowest BCUT2D eigenvalue weighted by Crippen LogP contribution is -2.54. The van der Waals surface area contributed by atoms with Gasteiger partial charge in [-0.2, -0.15) is 0 Å². The first-order chi connectivity index (χ1) is 12.4. The zero-order valence-corrected chi connectivity index (χ0v) is 15.9. The number of nitrogens with one attached hydrogen (secondary N) is 2. The van der Waals surface area contributed by atoms with Crippen molar-refractivity contribution in [2.75, 3.05) is 26.0 Å². The van der Waals surface area contributed by atoms with Gasteiger partial charge in [0.1, 0.15) is 12.4 Å². The van der Waals surface area contributed by atoms with Gasteiger partial charge in [0.15, 0.2) is 0 Å². The molecule has 2 amide bonds. The van der Waals surface area contributed by atoms with Gasteiger partial charge in [-0.05, 0) is 43.7 Å². The largest absolute Gasteiger partial charge is 0.491 e. The highest BCUT2D eigenvalue weighted by Gasteiger charge is 2.29. The second-order valence-corrected chi connectivity index (χ2v) is 8.90. The minimum Gasteiger partial charge on any atom is -0.491 e. The lowest BCUT2D eigenvalue weighted by Gasteiger charge is -2.37. The van der Waals surface area contributed by atoms with E-state index in [1.165, 1.54) is 0 Å². The number of likely N-dealkylation sites (tertiary alicyclic amines) is 1. The second-order valence-electron chi connectivity index (χ2n) is 7.07. The van der Waals surface area contributed by atoms with Crippen molar-refractivity contribution >= 4 is 16.1 Å². The summed E-state index contributed by atoms with van der Waals surface area (Å²) >= 11 is 0. The number of amides is 2. The molecule has 0 aromatic heterocycles. The minimum atomic E-state index is -3.20. The molecule has 2 unspecified atom stereocenters. The quantitative estimate of drug-likeness (QED) is 0.809. The van der Waals surface area contributed by atoms with Crippen molar-refractivity contribution in [3.05, 3.63) is 29.8 Å². The Kier molecular flexibility index (Phi) is 6.03. The molecule has 1 fully saturated rings. The van der Waals surface area contributed by atoms with Crippen LogP contribution in [-0.4, -0.2) is 57.4 Å². The molecule has 2 heterocycles. The van der Waals surface area contributed by atoms with Crippen molar-refractivity contribution in [3.8, 4) is 5.75 Å². The van der Waals surface area contributed by atoms with Crippen molar-refractivity contribution in [2.24, 2.45) is 0 Å². The topological polar surface area (TPSA) is 87.7 Å². The third-order valence-electron chi connectivity index (χ3n) is 4.94. The van der Waals surface area contributed by atoms with Crippen LogP contribution in [0.2, 0.25) is 0 Å². The average Bonchev–Trinajstić information content (AvgIpc) is 2.61. The summed E-state index contributed by atoms with van der Waals surface area (Å²) in [6.45, 7) is 1.53. The highest BCUT2D eigenvalue weighted by atomic mass is 32.2. The third-order valence-corrected chi connectivity index (χ3v) is 5.66. The van der Waals surface area contributed by atoms with Crippen LogP contribution in [-0.2, 0) is 16.4 Å². The van der Waals surface area contributed by atoms with Crippen LogP contribution in [0.1, 0.15) is 31.2 Å². The van der Waals surface area contributed by atoms with E-state index in [9.17, 15) is 13.2 Å². The molecule has 26 heavy (non-hydrogen) atoms. The highest BCUT2D eigenvalue weighted by molar-refractivity contribution is 7.88. The number of nitrogens with zero attached hydrogens (tertiary/aromatic N) is 1. The molecule has 7 nitrogen and oxygen atoms in total. The van der Waals surface area contributed by atoms with E-state index in [0.717, 1.165) is 43.3 Å². The molecule has 3 rings (SSSR count). The van der Waals surface area contributed by atoms with Crippen LogP contribution in [0.4, 0.5) is 4.79 Å². The van der Waals surface area contributed by atoms with Crippen LogP contribution < -0.4 is 14.8 Å². The summed E-state index contributed by atoms with van der Waals surface area (Å²) in [5.74, 6) is 0.890. The minimum absolute atomic E-state index is 0.0471. The molecule has 0 spiro atoms. The normalized spacial score (nSPS) is 23.0. The van der Waals surface area contributed by atoms with Gasteiger partial charge in [0.25, 0.3) is 0 Å². The zero-order chi connectivity index (χ0) is 18.6. The van der Waals surface area contributed by atoms with Gasteiger partial charge < -0.3 is 15.0 Å². The van der Waals surface area contributed by atoms with E-state index >= 15 is 0 Å². The molecule has 0 radical (unpaired) electrons. The van der Waals surface area contributed by atoms with Gasteiger partial charge in [-0.15, -0.1) is 0 Å². The number of para-hydroxylation sites is 1. The molecule has 1 aromatic rings. The summed E-state index contributed by atoms with van der Waals surface area (Å²) in [4.78, 5) is 14.6. The lowest BCUT2D eigenvalue weighted by molar-refractivity contribution is 0.138. The smallest absolute Gasteiger partial charge is 0.317 e. The number of urea groups is 1. The Hall–Kier alpha value is -1.80. The monoisotopic (exact) mass is 381 g/mol. The number of ether oxygens (including phenoxy) is 1. The van der Waals surface area contributed by atoms with Crippen LogP contribution in [0.5, 0.6) is 5.75 Å². The van der Waals surface area contributed by atoms with Crippen molar-refractivity contribution in [3.63, 3.8) is 0 Å². The van der Waals surface area contributed by atoms with Crippen LogP contribution >= 0.6 is 0 Å². The van der Waals surface area contributed by atoms with E-state index in [1.54, 1.807) is 0 Å². The molecule has 1 aromatic carbocycles. The first-order valence-electron chi connectivity index (χ1n) is 9.15. The van der Waals surface area contributed by atoms with Gasteiger partial charge in [0, 0.05) is 19.1 Å². The Labute approximate surface area is 155 Å². The van der Waals surface area contributed by atoms with E-state index in [2.05, 4.69) is 10.0 Å². The highest BCUT2D eigenvalue weighted by Crippen LogP contribution is 2.25. The maximum absolute atomic E-state index is 12.8. The predicted octanol–water partition coefficient (Wildman–Crippen LogP) is 1.49. The summed E-state index contributed by atoms with van der Waals surface area (Å²) in [7, 11) is -3.20. The maximum Gasteiger partial charge on any atom is 0.317 e. The van der Waals surface area contributed by atoms with E-state index in [1.807, 2.05) is 29.2 Å². The maximum atomic E-state index is 12.8. The first kappa shape index (κ1) is 19.0. The van der Waals surface area contributed by atoms with Gasteiger partial charge in [-0.25, -0.2) is 17.9 Å². The average molecular weight is 381 g/mol. The number of fused-ring (bicyclic) bond motifs is 1. The number of benzene rings is 1. The number of carbonyl (C=O) groups is 1. The van der Waals surface area contributed by atoms with Gasteiger partial charge in [0.2, 0.25) is 10.0 Å². The van der Waals surface area contributed by atoms with E-state index < -0.39 is 10.0 Å². The molecular formula is C18H27N3O4S. The SMILES string of the molecule is CS(=O)(=O)NCCC1CCCCN1C(=O)NC1COc2ccccc2C1. The fraction of sp³-hybridized carbons (Fsp3) is 0.611. The Balaban J connectivity index is 1.55. The number of carbonyl (C=O) groups excluding carboxylic acids is 1. The number of piperidine rings is 1.